The van der Waals surface area contributed by atoms with Crippen molar-refractivity contribution in [3.8, 4) is 45.8 Å². The molecule has 4 fully saturated rings. The zero-order valence-electron chi connectivity index (χ0n) is 87.9. The largest absolute Gasteiger partial charge is 0.474 e. The van der Waals surface area contributed by atoms with Gasteiger partial charge >= 0.3 is 6.15 Å². The van der Waals surface area contributed by atoms with Crippen LogP contribution in [-0.2, 0) is 73.6 Å². The lowest BCUT2D eigenvalue weighted by Gasteiger charge is -2.32. The standard InChI is InChI=1S/C33H42N4O3.C32H41N5O3.C26H35N3O3.C25H33N3O3.CO2/c1-35(2)28-12-8-25(9-13-28)6-5-7-30(38)16-17-33(39)37-22-19-31(20-23-37)40-32-24-27(18-21-34-32)26-10-14-29(15-11-26)36(3)4;1-35(2)27-10-5-24(6-11-27)17-20-33-30(38)14-16-32(39)37-21-18-29(19-22-37)40-31-15-9-26(23-34-31)25-7-12-28(13-8-25)36(3)4;1-20-7-13-25(27-19-20)32-24-15-17-29(18-16-24)26(31)14-12-23(30)6-4-5-21-8-10-22(11-9-21)28(2)3;1-27(2)21-11-9-20(10-12-21)6-5-7-22(29)13-14-25(30)28-18-15-23(16-19-28)31-24-8-3-4-17-26-24;2-1-3/h8-15,18,21,24,31H,5-7,16-17,19-20,22-23H2,1-4H3;5-13,15,23,29H,14,16-22H2,1-4H3,(H,33,38);7-11,13,19,24H,4-6,12,14-18H2,1-3H3;3-4,8-12,17,23H,5-7,13-16,18-19H2,1-2H3;. The first-order valence-electron chi connectivity index (χ1n) is 51.3. The van der Waals surface area contributed by atoms with Crippen molar-refractivity contribution >= 4 is 87.2 Å². The fraction of sp³-hybridized carbons (Fsp3) is 0.444. The Morgan fingerprint density at radius 1 is 0.301 bits per heavy atom. The van der Waals surface area contributed by atoms with Crippen LogP contribution in [0.15, 0.2) is 225 Å². The van der Waals surface area contributed by atoms with E-state index in [9.17, 15) is 38.4 Å². The van der Waals surface area contributed by atoms with Crippen molar-refractivity contribution < 1.29 is 66.9 Å². The van der Waals surface area contributed by atoms with Crippen molar-refractivity contribution in [2.45, 2.75) is 198 Å². The van der Waals surface area contributed by atoms with Crippen molar-refractivity contribution in [1.82, 2.24) is 44.9 Å². The number of aromatic nitrogens is 4. The second-order valence-corrected chi connectivity index (χ2v) is 38.9. The highest BCUT2D eigenvalue weighted by Crippen LogP contribution is 2.31. The van der Waals surface area contributed by atoms with Gasteiger partial charge in [0.05, 0.1) is 0 Å². The SMILES string of the molecule is CN(C)c1ccc(CCCC(=O)CCC(=O)N2CCC(Oc3cc(-c4ccc(N(C)C)cc4)ccn3)CC2)cc1.CN(C)c1ccc(CCCC(=O)CCC(=O)N2CCC(Oc3ccccn3)CC2)cc1.CN(C)c1ccc(CCNC(=O)CCC(=O)N2CCC(Oc3ccc(-c4ccc(N(C)C)cc4)cn3)CC2)cc1.Cc1ccc(OC2CCN(C(=O)CCC(=O)CCCc3ccc(N(C)C)cc3)CC2)nc1.O=C=O. The highest BCUT2D eigenvalue weighted by atomic mass is 16.5. The highest BCUT2D eigenvalue weighted by Gasteiger charge is 2.30. The molecule has 0 saturated carbocycles. The molecule has 1 N–H and O–H groups in total. The molecule has 146 heavy (non-hydrogen) atoms. The smallest absolute Gasteiger partial charge is 0.373 e. The van der Waals surface area contributed by atoms with E-state index in [1.165, 1.54) is 39.3 Å². The van der Waals surface area contributed by atoms with Crippen LogP contribution in [0.1, 0.15) is 169 Å². The molecule has 6 aromatic carbocycles. The molecule has 0 unspecified atom stereocenters. The lowest BCUT2D eigenvalue weighted by Crippen LogP contribution is -2.42. The van der Waals surface area contributed by atoms with Gasteiger partial charge in [-0.25, -0.2) is 19.9 Å². The van der Waals surface area contributed by atoms with Crippen LogP contribution in [0.4, 0.5) is 34.1 Å². The van der Waals surface area contributed by atoms with E-state index in [0.717, 1.165) is 141 Å². The molecule has 10 aromatic rings. The number of amides is 5. The van der Waals surface area contributed by atoms with Crippen molar-refractivity contribution in [3.63, 3.8) is 0 Å². The quantitative estimate of drug-likeness (QED) is 0.0371. The minimum atomic E-state index is -0.0837. The molecule has 778 valence electrons. The lowest BCUT2D eigenvalue weighted by molar-refractivity contribution is -0.192. The Morgan fingerprint density at radius 3 is 0.897 bits per heavy atom. The summed E-state index contributed by atoms with van der Waals surface area (Å²) in [5.41, 5.74) is 17.3. The Hall–Kier alpha value is -14.3. The van der Waals surface area contributed by atoms with E-state index in [1.54, 1.807) is 18.6 Å². The summed E-state index contributed by atoms with van der Waals surface area (Å²) >= 11 is 0. The predicted octanol–water partition coefficient (Wildman–Crippen LogP) is 17.5. The van der Waals surface area contributed by atoms with Crippen LogP contribution in [0.2, 0.25) is 0 Å². The second-order valence-electron chi connectivity index (χ2n) is 38.9. The van der Waals surface area contributed by atoms with Crippen molar-refractivity contribution in [1.29, 1.82) is 0 Å². The van der Waals surface area contributed by atoms with Crippen LogP contribution in [0, 0.1) is 6.92 Å². The maximum Gasteiger partial charge on any atom is 0.373 e. The Bertz CT molecular complexity index is 5660. The highest BCUT2D eigenvalue weighted by molar-refractivity contribution is 5.87. The molecule has 0 spiro atoms. The van der Waals surface area contributed by atoms with Gasteiger partial charge in [-0.15, -0.1) is 0 Å². The topological polar surface area (TPSA) is 304 Å². The van der Waals surface area contributed by atoms with Crippen LogP contribution in [-0.4, -0.2) is 260 Å². The molecule has 0 radical (unpaired) electrons. The molecule has 29 heteroatoms. The summed E-state index contributed by atoms with van der Waals surface area (Å²) in [6.07, 6.45) is 23.6. The van der Waals surface area contributed by atoms with Gasteiger partial charge < -0.3 is 73.3 Å². The van der Waals surface area contributed by atoms with Crippen molar-refractivity contribution in [2.24, 2.45) is 0 Å². The van der Waals surface area contributed by atoms with Gasteiger partial charge in [-0.3, -0.25) is 38.4 Å². The van der Waals surface area contributed by atoms with Crippen LogP contribution in [0.25, 0.3) is 22.3 Å². The Labute approximate surface area is 863 Å². The molecule has 29 nitrogen and oxygen atoms in total. The Kier molecular flexibility index (Phi) is 47.0. The van der Waals surface area contributed by atoms with Gasteiger partial charge in [-0.05, 0) is 187 Å². The lowest BCUT2D eigenvalue weighted by atomic mass is 10.0. The summed E-state index contributed by atoms with van der Waals surface area (Å²) in [6.45, 7) is 7.80. The number of ketones is 3. The number of rotatable bonds is 43. The number of carbonyl (C=O) groups excluding carboxylic acids is 10. The summed E-state index contributed by atoms with van der Waals surface area (Å²) in [6, 6.07) is 67.7. The van der Waals surface area contributed by atoms with E-state index in [0.29, 0.717) is 134 Å². The molecule has 0 atom stereocenters. The minimum Gasteiger partial charge on any atom is -0.474 e. The summed E-state index contributed by atoms with van der Waals surface area (Å²) in [7, 11) is 24.3. The molecule has 4 saturated heterocycles. The number of piperidine rings is 4. The fourth-order valence-corrected chi connectivity index (χ4v) is 17.4. The number of nitrogens with zero attached hydrogens (tertiary/aromatic N) is 14. The summed E-state index contributed by atoms with van der Waals surface area (Å²) in [5.74, 6) is 3.14. The third-order valence-electron chi connectivity index (χ3n) is 26.5. The summed E-state index contributed by atoms with van der Waals surface area (Å²) in [4.78, 5) is 153. The molecule has 0 bridgehead atoms. The van der Waals surface area contributed by atoms with Gasteiger partial charge in [-0.2, -0.15) is 9.59 Å². The molecular formula is C117H151N15O14. The van der Waals surface area contributed by atoms with Gasteiger partial charge in [0.1, 0.15) is 41.8 Å². The van der Waals surface area contributed by atoms with Gasteiger partial charge in [0.2, 0.25) is 53.1 Å². The van der Waals surface area contributed by atoms with Gasteiger partial charge in [-0.1, -0.05) is 84.9 Å². The van der Waals surface area contributed by atoms with Crippen molar-refractivity contribution in [2.75, 3.05) is 173 Å². The number of pyridine rings is 4. The molecule has 14 rings (SSSR count). The molecule has 4 aromatic heterocycles. The van der Waals surface area contributed by atoms with E-state index in [1.807, 2.05) is 172 Å². The number of benzene rings is 6. The average Bonchev–Trinajstić information content (AvgIpc) is 0.835. The number of hydrogen-bond donors (Lipinski definition) is 1. The number of likely N-dealkylation sites (tertiary alicyclic amines) is 4. The molecule has 8 heterocycles. The van der Waals surface area contributed by atoms with Crippen LogP contribution in [0.3, 0.4) is 0 Å². The van der Waals surface area contributed by atoms with E-state index < -0.39 is 0 Å². The predicted molar refractivity (Wildman–Crippen MR) is 578 cm³/mol. The van der Waals surface area contributed by atoms with E-state index >= 15 is 0 Å². The second kappa shape index (κ2) is 60.4. The van der Waals surface area contributed by atoms with Gasteiger partial charge in [0.25, 0.3) is 0 Å². The first kappa shape index (κ1) is 114. The fourth-order valence-electron chi connectivity index (χ4n) is 17.4. The maximum atomic E-state index is 12.7. The summed E-state index contributed by atoms with van der Waals surface area (Å²) < 4.78 is 24.1. The number of ether oxygens (including phenoxy) is 4. The van der Waals surface area contributed by atoms with Gasteiger partial charge in [0.15, 0.2) is 0 Å². The first-order valence-corrected chi connectivity index (χ1v) is 51.3. The number of nitrogens with one attached hydrogen (secondary N) is 1. The normalized spacial score (nSPS) is 13.7. The zero-order valence-corrected chi connectivity index (χ0v) is 87.9. The first-order chi connectivity index (χ1) is 70.4. The van der Waals surface area contributed by atoms with Crippen LogP contribution >= 0.6 is 0 Å². The molecule has 5 amide bonds. The average molecular weight is 1990 g/mol. The third kappa shape index (κ3) is 40.0. The molecule has 4 aliphatic rings. The monoisotopic (exact) mass is 1990 g/mol. The molecule has 0 aliphatic carbocycles. The third-order valence-corrected chi connectivity index (χ3v) is 26.5. The van der Waals surface area contributed by atoms with E-state index in [2.05, 4.69) is 200 Å². The number of carbonyl (C=O) groups is 8. The Morgan fingerprint density at radius 2 is 0.589 bits per heavy atom. The number of anilines is 6. The molecular weight excluding hydrogens is 1840 g/mol. The van der Waals surface area contributed by atoms with Crippen LogP contribution in [0.5, 0.6) is 23.5 Å². The zero-order chi connectivity index (χ0) is 105. The minimum absolute atomic E-state index is 0.0237. The Balaban J connectivity index is 0.000000199. The van der Waals surface area contributed by atoms with E-state index in [4.69, 9.17) is 28.5 Å². The number of aryl methyl sites for hydroxylation is 4. The van der Waals surface area contributed by atoms with Crippen molar-refractivity contribution in [3.05, 3.63) is 253 Å². The van der Waals surface area contributed by atoms with Crippen LogP contribution < -0.4 is 53.7 Å². The number of hydrogen-bond acceptors (Lipinski definition) is 24. The van der Waals surface area contributed by atoms with E-state index in [-0.39, 0.29) is 96.7 Å². The maximum absolute atomic E-state index is 12.7. The van der Waals surface area contributed by atoms with Gasteiger partial charge in [0, 0.05) is 354 Å². The number of Topliss-reactive ketones (excluding diaryl/α,β-unsaturated/α-hetero) is 3. The molecule has 4 aliphatic heterocycles. The summed E-state index contributed by atoms with van der Waals surface area (Å²) in [5, 5.41) is 2.93.